The Morgan fingerprint density at radius 2 is 1.21 bits per heavy atom. The largest absolute Gasteiger partial charge is 0.341 e. The highest BCUT2D eigenvalue weighted by atomic mass is 15.2. The van der Waals surface area contributed by atoms with Gasteiger partial charge in [0.25, 0.3) is 0 Å². The van der Waals surface area contributed by atoms with Gasteiger partial charge < -0.3 is 20.6 Å². The first kappa shape index (κ1) is 20.6. The van der Waals surface area contributed by atoms with Crippen molar-refractivity contribution in [3.63, 3.8) is 0 Å². The number of imidazole rings is 2. The van der Waals surface area contributed by atoms with Crippen LogP contribution in [0.2, 0.25) is 0 Å². The van der Waals surface area contributed by atoms with Gasteiger partial charge in [0.2, 0.25) is 0 Å². The summed E-state index contributed by atoms with van der Waals surface area (Å²) in [5.74, 6) is 2.17. The molecule has 0 spiro atoms. The molecule has 0 aliphatic carbocycles. The summed E-state index contributed by atoms with van der Waals surface area (Å²) >= 11 is 0. The Kier molecular flexibility index (Phi) is 4.96. The van der Waals surface area contributed by atoms with Crippen LogP contribution in [0.15, 0.2) is 36.4 Å². The third kappa shape index (κ3) is 3.45. The van der Waals surface area contributed by atoms with E-state index in [9.17, 15) is 0 Å². The Labute approximate surface area is 199 Å². The molecule has 0 amide bonds. The van der Waals surface area contributed by atoms with E-state index in [1.165, 1.54) is 36.8 Å². The lowest BCUT2D eigenvalue weighted by Crippen LogP contribution is -2.21. The zero-order chi connectivity index (χ0) is 22.6. The second-order valence-electron chi connectivity index (χ2n) is 10.4. The van der Waals surface area contributed by atoms with Crippen molar-refractivity contribution in [2.24, 2.45) is 0 Å². The molecule has 4 atom stereocenters. The number of rotatable bonds is 4. The van der Waals surface area contributed by atoms with E-state index >= 15 is 0 Å². The van der Waals surface area contributed by atoms with Crippen molar-refractivity contribution < 1.29 is 0 Å². The lowest BCUT2D eigenvalue weighted by Gasteiger charge is -2.26. The lowest BCUT2D eigenvalue weighted by molar-refractivity contribution is 0.246. The highest BCUT2D eigenvalue weighted by Crippen LogP contribution is 2.43. The van der Waals surface area contributed by atoms with Crippen molar-refractivity contribution in [1.82, 2.24) is 35.5 Å². The molecule has 2 aromatic heterocycles. The van der Waals surface area contributed by atoms with E-state index < -0.39 is 0 Å². The molecule has 2 aromatic carbocycles. The lowest BCUT2D eigenvalue weighted by atomic mass is 10.0. The van der Waals surface area contributed by atoms with Crippen molar-refractivity contribution in [3.05, 3.63) is 59.2 Å². The minimum atomic E-state index is 0.372. The number of nitrogens with zero attached hydrogens (tertiary/aromatic N) is 3. The number of hydrogen-bond acceptors (Lipinski definition) is 5. The fourth-order valence-corrected chi connectivity index (χ4v) is 6.42. The van der Waals surface area contributed by atoms with E-state index in [4.69, 9.17) is 9.97 Å². The second kappa shape index (κ2) is 8.18. The van der Waals surface area contributed by atoms with Gasteiger partial charge in [0, 0.05) is 12.1 Å². The van der Waals surface area contributed by atoms with Crippen LogP contribution < -0.4 is 10.6 Å². The summed E-state index contributed by atoms with van der Waals surface area (Å²) in [6.07, 6.45) is 7.11. The van der Waals surface area contributed by atoms with Crippen LogP contribution in [0.3, 0.4) is 0 Å². The first-order chi connectivity index (χ1) is 16.7. The van der Waals surface area contributed by atoms with Gasteiger partial charge in [-0.05, 0) is 94.1 Å². The molecule has 7 heteroatoms. The molecule has 0 bridgehead atoms. The highest BCUT2D eigenvalue weighted by molar-refractivity contribution is 5.77. The molecule has 4 aromatic rings. The Bertz CT molecular complexity index is 1220. The Hall–Kier alpha value is -2.74. The quantitative estimate of drug-likeness (QED) is 0.355. The molecule has 7 rings (SSSR count). The van der Waals surface area contributed by atoms with Crippen LogP contribution >= 0.6 is 0 Å². The summed E-state index contributed by atoms with van der Waals surface area (Å²) in [6, 6.07) is 15.2. The van der Waals surface area contributed by atoms with Gasteiger partial charge in [-0.25, -0.2) is 9.97 Å². The average Bonchev–Trinajstić information content (AvgIpc) is 3.66. The molecule has 4 N–H and O–H groups in total. The van der Waals surface area contributed by atoms with Crippen LogP contribution in [0.5, 0.6) is 0 Å². The smallest absolute Gasteiger partial charge is 0.124 e. The molecule has 0 saturated carbocycles. The standard InChI is InChI=1S/C27H33N7/c1-34-24(16-6-8-18-22(14-16)32-26(30-18)20-4-2-12-28-20)10-11-25(34)17-7-9-19-23(15-17)33-27(31-19)21-5-3-13-29-21/h6-9,14-15,20-21,24-25,28-29H,2-5,10-13H2,1H3,(H,30,32)(H,31,33)/t20-,21-,24+,25+/m0/s1. The predicted molar refractivity (Wildman–Crippen MR) is 135 cm³/mol. The number of hydrogen-bond donors (Lipinski definition) is 4. The molecule has 3 aliphatic rings. The molecule has 5 heterocycles. The summed E-state index contributed by atoms with van der Waals surface area (Å²) in [5.41, 5.74) is 7.22. The van der Waals surface area contributed by atoms with E-state index in [1.807, 2.05) is 0 Å². The van der Waals surface area contributed by atoms with Crippen LogP contribution in [0, 0.1) is 0 Å². The molecule has 3 saturated heterocycles. The number of fused-ring (bicyclic) bond motifs is 2. The van der Waals surface area contributed by atoms with Gasteiger partial charge in [0.1, 0.15) is 11.6 Å². The fourth-order valence-electron chi connectivity index (χ4n) is 6.42. The molecule has 34 heavy (non-hydrogen) atoms. The molecule has 3 aliphatic heterocycles. The molecular weight excluding hydrogens is 422 g/mol. The first-order valence-electron chi connectivity index (χ1n) is 12.9. The molecule has 7 nitrogen and oxygen atoms in total. The first-order valence-corrected chi connectivity index (χ1v) is 12.9. The van der Waals surface area contributed by atoms with Gasteiger partial charge in [-0.3, -0.25) is 4.90 Å². The van der Waals surface area contributed by atoms with Crippen molar-refractivity contribution in [2.75, 3.05) is 20.1 Å². The molecule has 0 radical (unpaired) electrons. The van der Waals surface area contributed by atoms with Gasteiger partial charge >= 0.3 is 0 Å². The fraction of sp³-hybridized carbons (Fsp3) is 0.481. The van der Waals surface area contributed by atoms with E-state index in [0.717, 1.165) is 59.6 Å². The number of benzene rings is 2. The van der Waals surface area contributed by atoms with Gasteiger partial charge in [0.15, 0.2) is 0 Å². The number of likely N-dealkylation sites (tertiary alicyclic amines) is 1. The third-order valence-electron chi connectivity index (χ3n) is 8.30. The average molecular weight is 456 g/mol. The van der Waals surface area contributed by atoms with Crippen LogP contribution in [-0.2, 0) is 0 Å². The summed E-state index contributed by atoms with van der Waals surface area (Å²) < 4.78 is 0. The van der Waals surface area contributed by atoms with Gasteiger partial charge in [0.05, 0.1) is 34.2 Å². The molecule has 0 unspecified atom stereocenters. The van der Waals surface area contributed by atoms with Crippen LogP contribution in [-0.4, -0.2) is 45.0 Å². The summed E-state index contributed by atoms with van der Waals surface area (Å²) in [5, 5.41) is 7.10. The monoisotopic (exact) mass is 455 g/mol. The number of aromatic amines is 2. The number of nitrogens with one attached hydrogen (secondary N) is 4. The van der Waals surface area contributed by atoms with E-state index in [0.29, 0.717) is 24.2 Å². The van der Waals surface area contributed by atoms with Crippen LogP contribution in [0.25, 0.3) is 22.1 Å². The van der Waals surface area contributed by atoms with E-state index in [-0.39, 0.29) is 0 Å². The Morgan fingerprint density at radius 1 is 0.706 bits per heavy atom. The Balaban J connectivity index is 1.13. The molecule has 3 fully saturated rings. The summed E-state index contributed by atoms with van der Waals surface area (Å²) in [6.45, 7) is 2.18. The maximum absolute atomic E-state index is 4.86. The zero-order valence-electron chi connectivity index (χ0n) is 19.8. The maximum Gasteiger partial charge on any atom is 0.124 e. The number of aromatic nitrogens is 4. The maximum atomic E-state index is 4.86. The Morgan fingerprint density at radius 3 is 1.65 bits per heavy atom. The third-order valence-corrected chi connectivity index (χ3v) is 8.30. The van der Waals surface area contributed by atoms with Gasteiger partial charge in [-0.15, -0.1) is 0 Å². The predicted octanol–water partition coefficient (Wildman–Crippen LogP) is 4.80. The van der Waals surface area contributed by atoms with Gasteiger partial charge in [-0.2, -0.15) is 0 Å². The molecular formula is C27H33N7. The van der Waals surface area contributed by atoms with Gasteiger partial charge in [-0.1, -0.05) is 12.1 Å². The normalized spacial score (nSPS) is 28.0. The summed E-state index contributed by atoms with van der Waals surface area (Å²) in [4.78, 5) is 19.5. The van der Waals surface area contributed by atoms with Crippen LogP contribution in [0.1, 0.15) is 85.5 Å². The zero-order valence-corrected chi connectivity index (χ0v) is 19.8. The minimum Gasteiger partial charge on any atom is -0.341 e. The van der Waals surface area contributed by atoms with E-state index in [1.54, 1.807) is 0 Å². The second-order valence-corrected chi connectivity index (χ2v) is 10.4. The molecule has 176 valence electrons. The van der Waals surface area contributed by atoms with E-state index in [2.05, 4.69) is 68.9 Å². The van der Waals surface area contributed by atoms with Crippen molar-refractivity contribution >= 4 is 22.1 Å². The van der Waals surface area contributed by atoms with Crippen LogP contribution in [0.4, 0.5) is 0 Å². The SMILES string of the molecule is CN1[C@@H](c2ccc3nc([C@@H]4CCCN4)[nH]c3c2)CC[C@@H]1c1ccc2nc([C@@H]3CCCN3)[nH]c2c1. The number of H-pyrrole nitrogens is 2. The van der Waals surface area contributed by atoms with Crippen molar-refractivity contribution in [3.8, 4) is 0 Å². The minimum absolute atomic E-state index is 0.372. The highest BCUT2D eigenvalue weighted by Gasteiger charge is 2.33. The topological polar surface area (TPSA) is 84.7 Å². The summed E-state index contributed by atoms with van der Waals surface area (Å²) in [7, 11) is 2.28. The van der Waals surface area contributed by atoms with Crippen molar-refractivity contribution in [1.29, 1.82) is 0 Å². The van der Waals surface area contributed by atoms with Crippen molar-refractivity contribution in [2.45, 2.75) is 62.7 Å².